The van der Waals surface area contributed by atoms with Crippen LogP contribution in [-0.2, 0) is 11.0 Å². The van der Waals surface area contributed by atoms with Crippen LogP contribution in [-0.4, -0.2) is 34.2 Å². The number of likely N-dealkylation sites (N-methyl/N-ethyl adjacent to an activating group) is 1. The molecule has 7 nitrogen and oxygen atoms in total. The van der Waals surface area contributed by atoms with Crippen LogP contribution < -0.4 is 16.0 Å². The Balaban J connectivity index is 1.67. The van der Waals surface area contributed by atoms with Crippen molar-refractivity contribution in [2.24, 2.45) is 0 Å². The second-order valence-electron chi connectivity index (χ2n) is 9.29. The van der Waals surface area contributed by atoms with Gasteiger partial charge in [0.25, 0.3) is 11.8 Å². The molecule has 4 aromatic rings. The molecule has 10 heteroatoms. The van der Waals surface area contributed by atoms with Crippen molar-refractivity contribution in [3.05, 3.63) is 107 Å². The van der Waals surface area contributed by atoms with Crippen molar-refractivity contribution in [2.45, 2.75) is 32.0 Å². The highest BCUT2D eigenvalue weighted by Crippen LogP contribution is 2.44. The number of amides is 2. The number of alkyl halides is 3. The number of nitrogens with zero attached hydrogens (tertiary/aromatic N) is 3. The van der Waals surface area contributed by atoms with E-state index >= 15 is 0 Å². The zero-order valence-corrected chi connectivity index (χ0v) is 21.2. The number of carbonyl (C=O) groups is 2. The number of rotatable bonds is 5. The molecule has 0 unspecified atom stereocenters. The molecule has 200 valence electrons. The number of aryl methyl sites for hydroxylation is 1. The van der Waals surface area contributed by atoms with Gasteiger partial charge >= 0.3 is 6.18 Å². The van der Waals surface area contributed by atoms with Gasteiger partial charge in [0.15, 0.2) is 0 Å². The highest BCUT2D eigenvalue weighted by atomic mass is 19.4. The zero-order valence-electron chi connectivity index (χ0n) is 21.2. The Morgan fingerprint density at radius 3 is 2.38 bits per heavy atom. The van der Waals surface area contributed by atoms with Crippen molar-refractivity contribution in [2.75, 3.05) is 17.2 Å². The third-order valence-corrected chi connectivity index (χ3v) is 6.90. The lowest BCUT2D eigenvalue weighted by atomic mass is 9.80. The number of nitrogens with two attached hydrogens (primary N) is 1. The minimum absolute atomic E-state index is 0.206. The molecular weight excluding hydrogens is 507 g/mol. The number of benzene rings is 3. The molecule has 0 radical (unpaired) electrons. The largest absolute Gasteiger partial charge is 0.416 e. The van der Waals surface area contributed by atoms with Crippen LogP contribution in [0.1, 0.15) is 45.6 Å². The number of nitrogen functional groups attached to an aromatic ring is 1. The molecule has 5 rings (SSSR count). The summed E-state index contributed by atoms with van der Waals surface area (Å²) in [5.74, 6) is -1.39. The first kappa shape index (κ1) is 26.0. The number of aromatic nitrogens is 2. The Morgan fingerprint density at radius 1 is 1.03 bits per heavy atom. The van der Waals surface area contributed by atoms with Gasteiger partial charge in [0.2, 0.25) is 0 Å². The lowest BCUT2D eigenvalue weighted by molar-refractivity contribution is -0.137. The molecule has 0 bridgehead atoms. The van der Waals surface area contributed by atoms with Gasteiger partial charge in [-0.05, 0) is 55.8 Å². The molecule has 1 aromatic heterocycles. The van der Waals surface area contributed by atoms with E-state index in [0.717, 1.165) is 23.9 Å². The smallest absolute Gasteiger partial charge is 0.398 e. The topological polar surface area (TPSA) is 93.2 Å². The summed E-state index contributed by atoms with van der Waals surface area (Å²) in [5, 5.41) is 7.49. The molecule has 1 aliphatic heterocycles. The Hall–Kier alpha value is -4.60. The van der Waals surface area contributed by atoms with Crippen LogP contribution in [0, 0.1) is 6.92 Å². The molecule has 2 atom stereocenters. The zero-order chi connectivity index (χ0) is 27.9. The minimum Gasteiger partial charge on any atom is -0.398 e. The van der Waals surface area contributed by atoms with Gasteiger partial charge in [-0.3, -0.25) is 14.5 Å². The Kier molecular flexibility index (Phi) is 6.63. The van der Waals surface area contributed by atoms with Crippen molar-refractivity contribution in [1.29, 1.82) is 0 Å². The molecule has 3 N–H and O–H groups in total. The Bertz CT molecular complexity index is 1550. The van der Waals surface area contributed by atoms with E-state index in [1.165, 1.54) is 11.0 Å². The van der Waals surface area contributed by atoms with Crippen LogP contribution >= 0.6 is 0 Å². The lowest BCUT2D eigenvalue weighted by Gasteiger charge is -2.38. The van der Waals surface area contributed by atoms with Crippen LogP contribution in [0.25, 0.3) is 5.69 Å². The van der Waals surface area contributed by atoms with Crippen molar-refractivity contribution in [3.63, 3.8) is 0 Å². The quantitative estimate of drug-likeness (QED) is 0.350. The number of anilines is 2. The number of hydrogen-bond donors (Lipinski definition) is 2. The summed E-state index contributed by atoms with van der Waals surface area (Å²) in [6.07, 6.45) is -4.62. The summed E-state index contributed by atoms with van der Waals surface area (Å²) < 4.78 is 41.6. The van der Waals surface area contributed by atoms with Gasteiger partial charge in [-0.25, -0.2) is 4.68 Å². The highest BCUT2D eigenvalue weighted by Gasteiger charge is 2.46. The predicted octanol–water partition coefficient (Wildman–Crippen LogP) is 5.08. The van der Waals surface area contributed by atoms with Crippen molar-refractivity contribution < 1.29 is 22.8 Å². The SMILES string of the molecule is CCN1C(=O)[C@@H](NC(=O)c2cccc(C(F)(F)F)c2)[C@H](c2ccccc2N)c2c(C)nn(-c3ccccc3)c21. The maximum atomic E-state index is 14.0. The summed E-state index contributed by atoms with van der Waals surface area (Å²) in [6, 6.07) is 19.4. The minimum atomic E-state index is -4.62. The number of nitrogens with one attached hydrogen (secondary N) is 1. The standard InChI is InChI=1S/C29H26F3N5O2/c1-3-36-27-23(17(2)35-37(27)20-12-5-4-6-13-20)24(21-14-7-8-15-22(21)33)25(28(36)39)34-26(38)18-10-9-11-19(16-18)29(30,31)32/h4-16,24-25H,3,33H2,1-2H3,(H,34,38)/t24-,25+/m1/s1. The average Bonchev–Trinajstić information content (AvgIpc) is 3.26. The van der Waals surface area contributed by atoms with E-state index < -0.39 is 35.5 Å². The van der Waals surface area contributed by atoms with Gasteiger partial charge in [0.1, 0.15) is 11.9 Å². The maximum Gasteiger partial charge on any atom is 0.416 e. The van der Waals surface area contributed by atoms with E-state index in [0.29, 0.717) is 28.3 Å². The molecule has 2 amide bonds. The fourth-order valence-corrected chi connectivity index (χ4v) is 5.12. The molecule has 3 aromatic carbocycles. The number of fused-ring (bicyclic) bond motifs is 1. The third kappa shape index (κ3) is 4.62. The predicted molar refractivity (Wildman–Crippen MR) is 142 cm³/mol. The van der Waals surface area contributed by atoms with E-state index in [1.54, 1.807) is 28.9 Å². The molecule has 0 spiro atoms. The van der Waals surface area contributed by atoms with Crippen LogP contribution in [0.5, 0.6) is 0 Å². The first-order chi connectivity index (χ1) is 18.6. The molecule has 2 heterocycles. The van der Waals surface area contributed by atoms with Gasteiger partial charge < -0.3 is 11.1 Å². The van der Waals surface area contributed by atoms with Crippen molar-refractivity contribution in [1.82, 2.24) is 15.1 Å². The molecule has 0 fully saturated rings. The van der Waals surface area contributed by atoms with E-state index in [4.69, 9.17) is 10.8 Å². The molecule has 0 saturated heterocycles. The molecular formula is C29H26F3N5O2. The Morgan fingerprint density at radius 2 is 1.72 bits per heavy atom. The van der Waals surface area contributed by atoms with Crippen molar-refractivity contribution >= 4 is 23.3 Å². The number of hydrogen-bond acceptors (Lipinski definition) is 4. The molecule has 0 saturated carbocycles. The lowest BCUT2D eigenvalue weighted by Crippen LogP contribution is -2.55. The summed E-state index contributed by atoms with van der Waals surface area (Å²) in [5.41, 5.74) is 8.31. The van der Waals surface area contributed by atoms with Crippen LogP contribution in [0.3, 0.4) is 0 Å². The number of carbonyl (C=O) groups excluding carboxylic acids is 2. The van der Waals surface area contributed by atoms with Gasteiger partial charge in [-0.15, -0.1) is 0 Å². The summed E-state index contributed by atoms with van der Waals surface area (Å²) in [4.78, 5) is 28.9. The van der Waals surface area contributed by atoms with Crippen LogP contribution in [0.15, 0.2) is 78.9 Å². The summed E-state index contributed by atoms with van der Waals surface area (Å²) in [6.45, 7) is 3.90. The van der Waals surface area contributed by atoms with Gasteiger partial charge in [0, 0.05) is 29.3 Å². The van der Waals surface area contributed by atoms with E-state index in [9.17, 15) is 22.8 Å². The van der Waals surface area contributed by atoms with E-state index in [-0.39, 0.29) is 12.1 Å². The summed E-state index contributed by atoms with van der Waals surface area (Å²) in [7, 11) is 0. The fraction of sp³-hybridized carbons (Fsp3) is 0.207. The monoisotopic (exact) mass is 533 g/mol. The molecule has 1 aliphatic rings. The summed E-state index contributed by atoms with van der Waals surface area (Å²) >= 11 is 0. The normalized spacial score (nSPS) is 17.2. The first-order valence-corrected chi connectivity index (χ1v) is 12.4. The van der Waals surface area contributed by atoms with Crippen LogP contribution in [0.2, 0.25) is 0 Å². The van der Waals surface area contributed by atoms with Gasteiger partial charge in [0.05, 0.1) is 16.9 Å². The second-order valence-corrected chi connectivity index (χ2v) is 9.29. The van der Waals surface area contributed by atoms with E-state index in [2.05, 4.69) is 5.32 Å². The Labute approximate surface area is 223 Å². The maximum absolute atomic E-state index is 14.0. The molecule has 39 heavy (non-hydrogen) atoms. The average molecular weight is 534 g/mol. The van der Waals surface area contributed by atoms with E-state index in [1.807, 2.05) is 44.2 Å². The first-order valence-electron chi connectivity index (χ1n) is 12.4. The highest BCUT2D eigenvalue weighted by molar-refractivity contribution is 6.05. The third-order valence-electron chi connectivity index (χ3n) is 6.90. The van der Waals surface area contributed by atoms with Gasteiger partial charge in [-0.1, -0.05) is 42.5 Å². The fourth-order valence-electron chi connectivity index (χ4n) is 5.12. The van der Waals surface area contributed by atoms with Crippen LogP contribution in [0.4, 0.5) is 24.7 Å². The molecule has 0 aliphatic carbocycles. The number of halogens is 3. The van der Waals surface area contributed by atoms with Gasteiger partial charge in [-0.2, -0.15) is 18.3 Å². The number of para-hydroxylation sites is 2. The van der Waals surface area contributed by atoms with Crippen molar-refractivity contribution in [3.8, 4) is 5.69 Å². The second kappa shape index (κ2) is 9.94.